The van der Waals surface area contributed by atoms with Crippen molar-refractivity contribution in [1.82, 2.24) is 14.9 Å². The summed E-state index contributed by atoms with van der Waals surface area (Å²) in [6, 6.07) is 10.1. The Morgan fingerprint density at radius 2 is 2.09 bits per heavy atom. The van der Waals surface area contributed by atoms with Crippen molar-refractivity contribution in [3.8, 4) is 11.5 Å². The van der Waals surface area contributed by atoms with Crippen LogP contribution in [0.4, 0.5) is 0 Å². The molecular weight excluding hydrogens is 454 g/mol. The highest BCUT2D eigenvalue weighted by atomic mass is 32.1. The first kappa shape index (κ1) is 22.1. The molecule has 0 bridgehead atoms. The van der Waals surface area contributed by atoms with Crippen molar-refractivity contribution in [3.05, 3.63) is 72.8 Å². The Morgan fingerprint density at radius 1 is 1.18 bits per heavy atom. The predicted molar refractivity (Wildman–Crippen MR) is 134 cm³/mol. The molecule has 6 nitrogen and oxygen atoms in total. The molecule has 1 N–H and O–H groups in total. The number of hydrogen-bond donors (Lipinski definition) is 1. The smallest absolute Gasteiger partial charge is 0.259 e. The first-order valence-electron chi connectivity index (χ1n) is 11.2. The van der Waals surface area contributed by atoms with E-state index in [1.807, 2.05) is 23.6 Å². The number of aromatic nitrogens is 2. The SMILES string of the molecule is CCN(Cc1ccc(OCc2cccs2)c(OC)c1)Cc1nc2sc3c(c2c(=O)[nH]1)CCC3. The van der Waals surface area contributed by atoms with E-state index in [4.69, 9.17) is 14.5 Å². The Morgan fingerprint density at radius 3 is 2.88 bits per heavy atom. The van der Waals surface area contributed by atoms with Gasteiger partial charge in [-0.15, -0.1) is 22.7 Å². The van der Waals surface area contributed by atoms with E-state index < -0.39 is 0 Å². The van der Waals surface area contributed by atoms with E-state index in [0.29, 0.717) is 13.2 Å². The Balaban J connectivity index is 1.30. The minimum atomic E-state index is -0.000588. The van der Waals surface area contributed by atoms with E-state index in [2.05, 4.69) is 28.9 Å². The first-order chi connectivity index (χ1) is 16.1. The molecule has 0 saturated heterocycles. The molecule has 3 heterocycles. The molecule has 0 saturated carbocycles. The van der Waals surface area contributed by atoms with Crippen molar-refractivity contribution in [2.24, 2.45) is 0 Å². The number of thiophene rings is 2. The topological polar surface area (TPSA) is 67.5 Å². The Hall–Kier alpha value is -2.68. The number of aromatic amines is 1. The maximum Gasteiger partial charge on any atom is 0.259 e. The quantitative estimate of drug-likeness (QED) is 0.358. The van der Waals surface area contributed by atoms with Crippen molar-refractivity contribution >= 4 is 32.9 Å². The summed E-state index contributed by atoms with van der Waals surface area (Å²) in [5.41, 5.74) is 2.34. The van der Waals surface area contributed by atoms with Gasteiger partial charge in [0, 0.05) is 16.3 Å². The summed E-state index contributed by atoms with van der Waals surface area (Å²) in [4.78, 5) is 26.3. The minimum Gasteiger partial charge on any atom is -0.493 e. The number of nitrogens with one attached hydrogen (secondary N) is 1. The van der Waals surface area contributed by atoms with Crippen LogP contribution in [0, 0.1) is 0 Å². The molecule has 0 fully saturated rings. The number of rotatable bonds is 9. The second-order valence-corrected chi connectivity index (χ2v) is 10.3. The molecule has 0 amide bonds. The average molecular weight is 482 g/mol. The predicted octanol–water partition coefficient (Wildman–Crippen LogP) is 5.14. The standard InChI is InChI=1S/C25H27N3O3S2/c1-3-28(14-22-26-24(29)23-18-7-4-8-21(18)33-25(23)27-22)13-16-9-10-19(20(12-16)30-2)31-15-17-6-5-11-32-17/h5-6,9-12H,3-4,7-8,13-15H2,1-2H3,(H,26,27,29). The fourth-order valence-electron chi connectivity index (χ4n) is 4.34. The minimum absolute atomic E-state index is 0.000588. The van der Waals surface area contributed by atoms with Gasteiger partial charge in [-0.2, -0.15) is 0 Å². The largest absolute Gasteiger partial charge is 0.493 e. The van der Waals surface area contributed by atoms with E-state index >= 15 is 0 Å². The van der Waals surface area contributed by atoms with Gasteiger partial charge in [-0.1, -0.05) is 19.1 Å². The van der Waals surface area contributed by atoms with Gasteiger partial charge < -0.3 is 14.5 Å². The lowest BCUT2D eigenvalue weighted by Crippen LogP contribution is -2.25. The highest BCUT2D eigenvalue weighted by Gasteiger charge is 2.21. The van der Waals surface area contributed by atoms with Crippen molar-refractivity contribution in [1.29, 1.82) is 0 Å². The summed E-state index contributed by atoms with van der Waals surface area (Å²) >= 11 is 3.36. The maximum atomic E-state index is 12.8. The molecule has 0 aliphatic heterocycles. The van der Waals surface area contributed by atoms with Crippen LogP contribution in [0.25, 0.3) is 10.2 Å². The first-order valence-corrected chi connectivity index (χ1v) is 12.9. The number of fused-ring (bicyclic) bond motifs is 3. The molecule has 1 aliphatic carbocycles. The highest BCUT2D eigenvalue weighted by molar-refractivity contribution is 7.18. The summed E-state index contributed by atoms with van der Waals surface area (Å²) in [6.07, 6.45) is 3.21. The summed E-state index contributed by atoms with van der Waals surface area (Å²) in [5, 5.41) is 2.85. The van der Waals surface area contributed by atoms with E-state index in [-0.39, 0.29) is 5.56 Å². The summed E-state index contributed by atoms with van der Waals surface area (Å²) < 4.78 is 11.5. The monoisotopic (exact) mass is 481 g/mol. The number of ether oxygens (including phenoxy) is 2. The van der Waals surface area contributed by atoms with Crippen molar-refractivity contribution in [2.45, 2.75) is 45.9 Å². The molecule has 0 unspecified atom stereocenters. The number of hydrogen-bond acceptors (Lipinski definition) is 7. The second-order valence-electron chi connectivity index (χ2n) is 8.21. The summed E-state index contributed by atoms with van der Waals surface area (Å²) in [6.45, 7) is 4.79. The van der Waals surface area contributed by atoms with E-state index in [9.17, 15) is 4.79 Å². The Labute approximate surface area is 200 Å². The van der Waals surface area contributed by atoms with Crippen LogP contribution in [0.2, 0.25) is 0 Å². The van der Waals surface area contributed by atoms with Crippen molar-refractivity contribution < 1.29 is 9.47 Å². The third kappa shape index (κ3) is 4.69. The fourth-order valence-corrected chi connectivity index (χ4v) is 6.24. The molecule has 3 aromatic heterocycles. The van der Waals surface area contributed by atoms with Gasteiger partial charge in [-0.25, -0.2) is 4.98 Å². The lowest BCUT2D eigenvalue weighted by molar-refractivity contribution is 0.262. The molecule has 8 heteroatoms. The molecule has 0 atom stereocenters. The molecule has 4 aromatic rings. The van der Waals surface area contributed by atoms with Crippen LogP contribution < -0.4 is 15.0 Å². The van der Waals surface area contributed by atoms with Crippen LogP contribution >= 0.6 is 22.7 Å². The summed E-state index contributed by atoms with van der Waals surface area (Å²) in [7, 11) is 1.66. The highest BCUT2D eigenvalue weighted by Crippen LogP contribution is 2.34. The van der Waals surface area contributed by atoms with Gasteiger partial charge in [0.05, 0.1) is 19.0 Å². The zero-order valence-corrected chi connectivity index (χ0v) is 20.5. The van der Waals surface area contributed by atoms with E-state index in [0.717, 1.165) is 65.5 Å². The molecule has 172 valence electrons. The third-order valence-corrected chi connectivity index (χ3v) is 8.06. The number of benzene rings is 1. The Kier molecular flexibility index (Phi) is 6.48. The van der Waals surface area contributed by atoms with Gasteiger partial charge in [0.25, 0.3) is 5.56 Å². The normalized spacial score (nSPS) is 13.1. The van der Waals surface area contributed by atoms with Gasteiger partial charge in [-0.05, 0) is 60.5 Å². The van der Waals surface area contributed by atoms with Crippen LogP contribution in [0.15, 0.2) is 40.5 Å². The van der Waals surface area contributed by atoms with Crippen molar-refractivity contribution in [2.75, 3.05) is 13.7 Å². The van der Waals surface area contributed by atoms with Gasteiger partial charge in [-0.3, -0.25) is 9.69 Å². The molecule has 0 radical (unpaired) electrons. The molecule has 5 rings (SSSR count). The van der Waals surface area contributed by atoms with Gasteiger partial charge in [0.15, 0.2) is 11.5 Å². The van der Waals surface area contributed by atoms with Crippen LogP contribution in [0.5, 0.6) is 11.5 Å². The molecule has 1 aromatic carbocycles. The summed E-state index contributed by atoms with van der Waals surface area (Å²) in [5.74, 6) is 2.18. The lowest BCUT2D eigenvalue weighted by atomic mass is 10.2. The average Bonchev–Trinajstić information content (AvgIpc) is 3.55. The van der Waals surface area contributed by atoms with E-state index in [1.54, 1.807) is 29.8 Å². The zero-order chi connectivity index (χ0) is 22.8. The molecule has 33 heavy (non-hydrogen) atoms. The fraction of sp³-hybridized carbons (Fsp3) is 0.360. The van der Waals surface area contributed by atoms with Crippen LogP contribution in [-0.2, 0) is 32.5 Å². The second kappa shape index (κ2) is 9.67. The van der Waals surface area contributed by atoms with Gasteiger partial charge >= 0.3 is 0 Å². The maximum absolute atomic E-state index is 12.8. The number of methoxy groups -OCH3 is 1. The zero-order valence-electron chi connectivity index (χ0n) is 18.8. The van der Waals surface area contributed by atoms with Crippen LogP contribution in [0.3, 0.4) is 0 Å². The van der Waals surface area contributed by atoms with Crippen molar-refractivity contribution in [3.63, 3.8) is 0 Å². The molecular formula is C25H27N3O3S2. The Bertz CT molecular complexity index is 1310. The van der Waals surface area contributed by atoms with E-state index in [1.165, 1.54) is 15.3 Å². The number of nitrogens with zero attached hydrogens (tertiary/aromatic N) is 2. The molecule has 1 aliphatic rings. The van der Waals surface area contributed by atoms with Gasteiger partial charge in [0.2, 0.25) is 0 Å². The third-order valence-electron chi connectivity index (χ3n) is 6.03. The lowest BCUT2D eigenvalue weighted by Gasteiger charge is -2.20. The number of H-pyrrole nitrogens is 1. The van der Waals surface area contributed by atoms with Crippen LogP contribution in [0.1, 0.15) is 40.1 Å². The number of aryl methyl sites for hydroxylation is 2. The molecule has 0 spiro atoms. The van der Waals surface area contributed by atoms with Gasteiger partial charge in [0.1, 0.15) is 17.3 Å². The van der Waals surface area contributed by atoms with Crippen LogP contribution in [-0.4, -0.2) is 28.5 Å².